The number of carboxylic acids is 1. The van der Waals surface area contributed by atoms with Crippen molar-refractivity contribution in [1.29, 1.82) is 0 Å². The molecule has 0 radical (unpaired) electrons. The fraction of sp³-hybridized carbons (Fsp3) is 0.286. The molecule has 2 aromatic rings. The molecule has 2 rings (SSSR count). The molecule has 4 nitrogen and oxygen atoms in total. The highest BCUT2D eigenvalue weighted by atomic mass is 32.1. The van der Waals surface area contributed by atoms with Gasteiger partial charge in [0.05, 0.1) is 16.3 Å². The third-order valence-corrected chi connectivity index (χ3v) is 3.66. The second kappa shape index (κ2) is 5.84. The van der Waals surface area contributed by atoms with E-state index >= 15 is 0 Å². The summed E-state index contributed by atoms with van der Waals surface area (Å²) in [4.78, 5) is 15.3. The molecule has 1 aromatic heterocycles. The summed E-state index contributed by atoms with van der Waals surface area (Å²) >= 11 is 1.65. The standard InChI is InChI=1S/C14H16N2O2S/c1-9-7-11(3-4-13(9)14(17)18)15-6-5-12-8-19-10(2)16-12/h3-4,7-8,15H,5-6H2,1-2H3,(H,17,18). The van der Waals surface area contributed by atoms with Crippen molar-refractivity contribution >= 4 is 23.0 Å². The van der Waals surface area contributed by atoms with Gasteiger partial charge in [-0.05, 0) is 37.6 Å². The minimum atomic E-state index is -0.887. The molecule has 0 aliphatic carbocycles. The van der Waals surface area contributed by atoms with E-state index in [1.807, 2.05) is 13.0 Å². The Balaban J connectivity index is 1.93. The fourth-order valence-corrected chi connectivity index (χ4v) is 2.52. The zero-order valence-electron chi connectivity index (χ0n) is 10.9. The Kier molecular flexibility index (Phi) is 4.16. The van der Waals surface area contributed by atoms with Crippen molar-refractivity contribution < 1.29 is 9.90 Å². The van der Waals surface area contributed by atoms with Gasteiger partial charge in [-0.3, -0.25) is 0 Å². The zero-order chi connectivity index (χ0) is 13.8. The van der Waals surface area contributed by atoms with Crippen LogP contribution in [0, 0.1) is 13.8 Å². The lowest BCUT2D eigenvalue weighted by molar-refractivity contribution is 0.0696. The fourth-order valence-electron chi connectivity index (χ4n) is 1.87. The molecule has 5 heteroatoms. The van der Waals surface area contributed by atoms with Gasteiger partial charge in [-0.2, -0.15) is 0 Å². The predicted molar refractivity (Wildman–Crippen MR) is 77.2 cm³/mol. The molecule has 1 aromatic carbocycles. The number of anilines is 1. The number of rotatable bonds is 5. The van der Waals surface area contributed by atoms with Crippen molar-refractivity contribution in [2.24, 2.45) is 0 Å². The van der Waals surface area contributed by atoms with Gasteiger partial charge in [0.1, 0.15) is 0 Å². The Morgan fingerprint density at radius 1 is 1.42 bits per heavy atom. The van der Waals surface area contributed by atoms with Crippen LogP contribution < -0.4 is 5.32 Å². The topological polar surface area (TPSA) is 62.2 Å². The smallest absolute Gasteiger partial charge is 0.335 e. The number of nitrogens with one attached hydrogen (secondary N) is 1. The van der Waals surface area contributed by atoms with Gasteiger partial charge in [0.25, 0.3) is 0 Å². The van der Waals surface area contributed by atoms with Crippen LogP contribution in [0.3, 0.4) is 0 Å². The molecule has 0 spiro atoms. The van der Waals surface area contributed by atoms with Crippen LogP contribution in [0.1, 0.15) is 26.6 Å². The first kappa shape index (κ1) is 13.5. The number of carboxylic acid groups (broad SMARTS) is 1. The Hall–Kier alpha value is -1.88. The summed E-state index contributed by atoms with van der Waals surface area (Å²) < 4.78 is 0. The molecule has 0 atom stereocenters. The molecule has 2 N–H and O–H groups in total. The highest BCUT2D eigenvalue weighted by Gasteiger charge is 2.06. The number of carbonyl (C=O) groups is 1. The number of aromatic carboxylic acids is 1. The molecular formula is C14H16N2O2S. The van der Waals surface area contributed by atoms with Gasteiger partial charge < -0.3 is 10.4 Å². The van der Waals surface area contributed by atoms with Gasteiger partial charge in [-0.1, -0.05) is 0 Å². The first-order chi connectivity index (χ1) is 9.06. The van der Waals surface area contributed by atoms with Crippen molar-refractivity contribution in [1.82, 2.24) is 4.98 Å². The molecule has 0 saturated carbocycles. The number of benzene rings is 1. The van der Waals surface area contributed by atoms with E-state index in [2.05, 4.69) is 15.7 Å². The number of aryl methyl sites for hydroxylation is 2. The summed E-state index contributed by atoms with van der Waals surface area (Å²) in [6.45, 7) is 4.59. The Morgan fingerprint density at radius 2 is 2.21 bits per heavy atom. The zero-order valence-corrected chi connectivity index (χ0v) is 11.8. The van der Waals surface area contributed by atoms with E-state index in [0.717, 1.165) is 34.9 Å². The first-order valence-electron chi connectivity index (χ1n) is 6.05. The quantitative estimate of drug-likeness (QED) is 0.880. The van der Waals surface area contributed by atoms with Crippen molar-refractivity contribution in [2.75, 3.05) is 11.9 Å². The minimum Gasteiger partial charge on any atom is -0.478 e. The monoisotopic (exact) mass is 276 g/mol. The Bertz CT molecular complexity index is 593. The number of nitrogens with zero attached hydrogens (tertiary/aromatic N) is 1. The highest BCUT2D eigenvalue weighted by Crippen LogP contribution is 2.15. The molecular weight excluding hydrogens is 260 g/mol. The van der Waals surface area contributed by atoms with E-state index in [0.29, 0.717) is 5.56 Å². The van der Waals surface area contributed by atoms with Crippen molar-refractivity contribution in [3.63, 3.8) is 0 Å². The largest absolute Gasteiger partial charge is 0.478 e. The van der Waals surface area contributed by atoms with Gasteiger partial charge in [0, 0.05) is 24.0 Å². The van der Waals surface area contributed by atoms with Crippen molar-refractivity contribution in [3.8, 4) is 0 Å². The van der Waals surface area contributed by atoms with Crippen molar-refractivity contribution in [2.45, 2.75) is 20.3 Å². The van der Waals surface area contributed by atoms with Crippen LogP contribution in [0.15, 0.2) is 23.6 Å². The molecule has 0 unspecified atom stereocenters. The van der Waals surface area contributed by atoms with Crippen LogP contribution >= 0.6 is 11.3 Å². The molecule has 0 bridgehead atoms. The van der Waals surface area contributed by atoms with Crippen LogP contribution in [0.4, 0.5) is 5.69 Å². The molecule has 0 saturated heterocycles. The minimum absolute atomic E-state index is 0.348. The van der Waals surface area contributed by atoms with Gasteiger partial charge in [0.15, 0.2) is 0 Å². The second-order valence-corrected chi connectivity index (χ2v) is 5.43. The van der Waals surface area contributed by atoms with E-state index in [-0.39, 0.29) is 0 Å². The number of hydrogen-bond donors (Lipinski definition) is 2. The number of hydrogen-bond acceptors (Lipinski definition) is 4. The lowest BCUT2D eigenvalue weighted by Crippen LogP contribution is -2.06. The van der Waals surface area contributed by atoms with Crippen LogP contribution in [-0.4, -0.2) is 22.6 Å². The average Bonchev–Trinajstić information content (AvgIpc) is 2.75. The van der Waals surface area contributed by atoms with Crippen LogP contribution in [0.5, 0.6) is 0 Å². The number of aromatic nitrogens is 1. The molecule has 100 valence electrons. The number of thiazole rings is 1. The summed E-state index contributed by atoms with van der Waals surface area (Å²) in [5, 5.41) is 15.4. The molecule has 19 heavy (non-hydrogen) atoms. The van der Waals surface area contributed by atoms with E-state index < -0.39 is 5.97 Å². The lowest BCUT2D eigenvalue weighted by Gasteiger charge is -2.08. The van der Waals surface area contributed by atoms with E-state index in [4.69, 9.17) is 5.11 Å². The summed E-state index contributed by atoms with van der Waals surface area (Å²) in [5.74, 6) is -0.887. The van der Waals surface area contributed by atoms with E-state index in [1.54, 1.807) is 30.4 Å². The summed E-state index contributed by atoms with van der Waals surface area (Å²) in [6, 6.07) is 5.28. The summed E-state index contributed by atoms with van der Waals surface area (Å²) in [5.41, 5.74) is 3.14. The SMILES string of the molecule is Cc1nc(CCNc2ccc(C(=O)O)c(C)c2)cs1. The van der Waals surface area contributed by atoms with Gasteiger partial charge in [0.2, 0.25) is 0 Å². The highest BCUT2D eigenvalue weighted by molar-refractivity contribution is 7.09. The normalized spacial score (nSPS) is 10.4. The van der Waals surface area contributed by atoms with E-state index in [1.165, 1.54) is 0 Å². The van der Waals surface area contributed by atoms with Gasteiger partial charge in [-0.25, -0.2) is 9.78 Å². The molecule has 0 amide bonds. The third kappa shape index (κ3) is 3.54. The maximum Gasteiger partial charge on any atom is 0.335 e. The van der Waals surface area contributed by atoms with Gasteiger partial charge >= 0.3 is 5.97 Å². The van der Waals surface area contributed by atoms with Crippen LogP contribution in [0.25, 0.3) is 0 Å². The predicted octanol–water partition coefficient (Wildman–Crippen LogP) is 3.11. The van der Waals surface area contributed by atoms with Gasteiger partial charge in [-0.15, -0.1) is 11.3 Å². The average molecular weight is 276 g/mol. The molecule has 0 fully saturated rings. The van der Waals surface area contributed by atoms with Crippen molar-refractivity contribution in [3.05, 3.63) is 45.4 Å². The maximum atomic E-state index is 10.9. The molecule has 0 aliphatic rings. The Labute approximate surface area is 116 Å². The Morgan fingerprint density at radius 3 is 2.79 bits per heavy atom. The first-order valence-corrected chi connectivity index (χ1v) is 6.93. The van der Waals surface area contributed by atoms with Crippen LogP contribution in [0.2, 0.25) is 0 Å². The lowest BCUT2D eigenvalue weighted by atomic mass is 10.1. The third-order valence-electron chi connectivity index (χ3n) is 2.83. The van der Waals surface area contributed by atoms with E-state index in [9.17, 15) is 4.79 Å². The molecule has 1 heterocycles. The summed E-state index contributed by atoms with van der Waals surface area (Å²) in [7, 11) is 0. The maximum absolute atomic E-state index is 10.9. The van der Waals surface area contributed by atoms with Crippen LogP contribution in [-0.2, 0) is 6.42 Å². The molecule has 0 aliphatic heterocycles. The summed E-state index contributed by atoms with van der Waals surface area (Å²) in [6.07, 6.45) is 0.865. The second-order valence-electron chi connectivity index (χ2n) is 4.37.